The van der Waals surface area contributed by atoms with Crippen LogP contribution in [0, 0.1) is 0 Å². The first-order valence-corrected chi connectivity index (χ1v) is 9.81. The molecule has 0 fully saturated rings. The van der Waals surface area contributed by atoms with E-state index in [-0.39, 0.29) is 5.75 Å². The van der Waals surface area contributed by atoms with Crippen LogP contribution in [0.2, 0.25) is 0 Å². The number of sulfone groups is 1. The quantitative estimate of drug-likeness (QED) is 0.760. The maximum Gasteiger partial charge on any atom is 0.245 e. The van der Waals surface area contributed by atoms with Gasteiger partial charge in [0.1, 0.15) is 11.0 Å². The highest BCUT2D eigenvalue weighted by atomic mass is 32.2. The normalized spacial score (nSPS) is 12.4. The van der Waals surface area contributed by atoms with Gasteiger partial charge in [0.25, 0.3) is 0 Å². The molecule has 1 atom stereocenters. The number of rotatable bonds is 7. The predicted molar refractivity (Wildman–Crippen MR) is 99.5 cm³/mol. The van der Waals surface area contributed by atoms with Gasteiger partial charge in [-0.1, -0.05) is 30.3 Å². The molecule has 5 nitrogen and oxygen atoms in total. The summed E-state index contributed by atoms with van der Waals surface area (Å²) in [6.07, 6.45) is 0. The average Bonchev–Trinajstić information content (AvgIpc) is 2.62. The molecule has 0 saturated carbocycles. The summed E-state index contributed by atoms with van der Waals surface area (Å²) in [6, 6.07) is 15.9. The summed E-state index contributed by atoms with van der Waals surface area (Å²) in [6.45, 7) is 3.68. The highest BCUT2D eigenvalue weighted by Gasteiger charge is 2.31. The van der Waals surface area contributed by atoms with Crippen LogP contribution in [0.1, 0.15) is 19.4 Å². The average molecular weight is 361 g/mol. The van der Waals surface area contributed by atoms with E-state index in [9.17, 15) is 13.2 Å². The molecule has 0 aliphatic carbocycles. The number of hydrogen-bond acceptors (Lipinski definition) is 4. The van der Waals surface area contributed by atoms with E-state index in [1.54, 1.807) is 36.4 Å². The molecule has 2 aromatic rings. The van der Waals surface area contributed by atoms with E-state index in [1.807, 2.05) is 25.1 Å². The van der Waals surface area contributed by atoms with E-state index in [1.165, 1.54) is 18.9 Å². The van der Waals surface area contributed by atoms with Crippen molar-refractivity contribution in [2.75, 3.05) is 18.6 Å². The second-order valence-corrected chi connectivity index (χ2v) is 8.04. The highest BCUT2D eigenvalue weighted by molar-refractivity contribution is 7.92. The first kappa shape index (κ1) is 19.0. The van der Waals surface area contributed by atoms with Crippen LogP contribution in [0.5, 0.6) is 5.75 Å². The number of carbonyl (C=O) groups is 1. The number of hydrogen-bond donors (Lipinski definition) is 0. The second-order valence-electron chi connectivity index (χ2n) is 5.72. The van der Waals surface area contributed by atoms with Gasteiger partial charge in [-0.2, -0.15) is 0 Å². The van der Waals surface area contributed by atoms with Gasteiger partial charge in [0, 0.05) is 12.2 Å². The number of methoxy groups -OCH3 is 1. The van der Waals surface area contributed by atoms with Gasteiger partial charge in [-0.05, 0) is 43.7 Å². The van der Waals surface area contributed by atoms with Crippen LogP contribution in [-0.4, -0.2) is 33.2 Å². The van der Waals surface area contributed by atoms with Gasteiger partial charge < -0.3 is 9.64 Å². The lowest BCUT2D eigenvalue weighted by Gasteiger charge is -2.24. The third-order valence-electron chi connectivity index (χ3n) is 4.04. The van der Waals surface area contributed by atoms with Crippen LogP contribution in [0.4, 0.5) is 5.69 Å². The fourth-order valence-electron chi connectivity index (χ4n) is 2.57. The first-order chi connectivity index (χ1) is 11.9. The lowest BCUT2D eigenvalue weighted by atomic mass is 10.2. The molecule has 0 saturated heterocycles. The molecule has 2 rings (SSSR count). The Bertz CT molecular complexity index is 818. The predicted octanol–water partition coefficient (Wildman–Crippen LogP) is 3.05. The lowest BCUT2D eigenvalue weighted by Crippen LogP contribution is -2.42. The molecule has 0 spiro atoms. The van der Waals surface area contributed by atoms with Gasteiger partial charge in [-0.3, -0.25) is 4.79 Å². The number of amides is 1. The van der Waals surface area contributed by atoms with Crippen LogP contribution in [0.15, 0.2) is 54.6 Å². The number of ether oxygens (including phenoxy) is 1. The molecule has 0 aromatic heterocycles. The SMILES string of the molecule is CCN(C(=O)[C@@H](C)S(=O)(=O)Cc1cccc(OC)c1)c1ccccc1. The standard InChI is InChI=1S/C19H23NO4S/c1-4-20(17-10-6-5-7-11-17)19(21)15(2)25(22,23)14-16-9-8-12-18(13-16)24-3/h5-13,15H,4,14H2,1-3H3/t15-/m1/s1. The van der Waals surface area contributed by atoms with E-state index in [0.29, 0.717) is 23.5 Å². The minimum absolute atomic E-state index is 0.205. The Balaban J connectivity index is 2.21. The van der Waals surface area contributed by atoms with Crippen molar-refractivity contribution in [1.29, 1.82) is 0 Å². The Labute approximate surface area is 149 Å². The van der Waals surface area contributed by atoms with Crippen molar-refractivity contribution in [2.45, 2.75) is 24.9 Å². The maximum absolute atomic E-state index is 12.8. The van der Waals surface area contributed by atoms with Crippen LogP contribution in [0.25, 0.3) is 0 Å². The van der Waals surface area contributed by atoms with E-state index < -0.39 is 21.0 Å². The monoisotopic (exact) mass is 361 g/mol. The molecule has 0 unspecified atom stereocenters. The molecule has 0 aliphatic rings. The van der Waals surface area contributed by atoms with E-state index in [0.717, 1.165) is 0 Å². The zero-order chi connectivity index (χ0) is 18.4. The molecule has 0 aliphatic heterocycles. The van der Waals surface area contributed by atoms with Gasteiger partial charge in [-0.15, -0.1) is 0 Å². The van der Waals surface area contributed by atoms with Crippen molar-refractivity contribution in [3.63, 3.8) is 0 Å². The number of para-hydroxylation sites is 1. The molecule has 0 N–H and O–H groups in total. The molecule has 2 aromatic carbocycles. The summed E-state index contributed by atoms with van der Waals surface area (Å²) in [5.74, 6) is -0.0357. The molecule has 1 amide bonds. The van der Waals surface area contributed by atoms with Crippen molar-refractivity contribution in [3.8, 4) is 5.75 Å². The van der Waals surface area contributed by atoms with Crippen molar-refractivity contribution in [3.05, 3.63) is 60.2 Å². The molecular formula is C19H23NO4S. The topological polar surface area (TPSA) is 63.7 Å². The smallest absolute Gasteiger partial charge is 0.245 e. The molecule has 6 heteroatoms. The van der Waals surface area contributed by atoms with Crippen molar-refractivity contribution in [2.24, 2.45) is 0 Å². The third-order valence-corrected chi connectivity index (χ3v) is 6.05. The highest BCUT2D eigenvalue weighted by Crippen LogP contribution is 2.20. The third kappa shape index (κ3) is 4.60. The van der Waals surface area contributed by atoms with Crippen molar-refractivity contribution >= 4 is 21.4 Å². The summed E-state index contributed by atoms with van der Waals surface area (Å²) in [4.78, 5) is 14.3. The van der Waals surface area contributed by atoms with E-state index >= 15 is 0 Å². The van der Waals surface area contributed by atoms with Gasteiger partial charge in [0.05, 0.1) is 12.9 Å². The molecule has 0 heterocycles. The summed E-state index contributed by atoms with van der Waals surface area (Å²) in [7, 11) is -2.12. The van der Waals surface area contributed by atoms with Gasteiger partial charge in [0.2, 0.25) is 5.91 Å². The number of benzene rings is 2. The van der Waals surface area contributed by atoms with Gasteiger partial charge in [0.15, 0.2) is 9.84 Å². The zero-order valence-electron chi connectivity index (χ0n) is 14.7. The summed E-state index contributed by atoms with van der Waals surface area (Å²) in [5, 5.41) is -1.13. The van der Waals surface area contributed by atoms with E-state index in [4.69, 9.17) is 4.74 Å². The molecular weight excluding hydrogens is 338 g/mol. The fourth-order valence-corrected chi connectivity index (χ4v) is 3.89. The number of carbonyl (C=O) groups excluding carboxylic acids is 1. The van der Waals surface area contributed by atoms with Crippen LogP contribution >= 0.6 is 0 Å². The fraction of sp³-hybridized carbons (Fsp3) is 0.316. The van der Waals surface area contributed by atoms with Crippen molar-refractivity contribution in [1.82, 2.24) is 0 Å². The molecule has 25 heavy (non-hydrogen) atoms. The Morgan fingerprint density at radius 2 is 1.80 bits per heavy atom. The molecule has 134 valence electrons. The Kier molecular flexibility index (Phi) is 6.20. The lowest BCUT2D eigenvalue weighted by molar-refractivity contribution is -0.117. The molecule has 0 radical (unpaired) electrons. The summed E-state index contributed by atoms with van der Waals surface area (Å²) in [5.41, 5.74) is 1.29. The first-order valence-electron chi connectivity index (χ1n) is 8.10. The summed E-state index contributed by atoms with van der Waals surface area (Å²) < 4.78 is 30.5. The Morgan fingerprint density at radius 3 is 2.40 bits per heavy atom. The minimum atomic E-state index is -3.65. The Hall–Kier alpha value is -2.34. The number of anilines is 1. The zero-order valence-corrected chi connectivity index (χ0v) is 15.5. The van der Waals surface area contributed by atoms with Crippen LogP contribution < -0.4 is 9.64 Å². The van der Waals surface area contributed by atoms with Crippen LogP contribution in [-0.2, 0) is 20.4 Å². The van der Waals surface area contributed by atoms with Crippen molar-refractivity contribution < 1.29 is 17.9 Å². The Morgan fingerprint density at radius 1 is 1.12 bits per heavy atom. The second kappa shape index (κ2) is 8.16. The van der Waals surface area contributed by atoms with Gasteiger partial charge in [-0.25, -0.2) is 8.42 Å². The van der Waals surface area contributed by atoms with E-state index in [2.05, 4.69) is 0 Å². The number of nitrogens with zero attached hydrogens (tertiary/aromatic N) is 1. The maximum atomic E-state index is 12.8. The summed E-state index contributed by atoms with van der Waals surface area (Å²) >= 11 is 0. The molecule has 0 bridgehead atoms. The van der Waals surface area contributed by atoms with Gasteiger partial charge >= 0.3 is 0 Å². The minimum Gasteiger partial charge on any atom is -0.497 e. The van der Waals surface area contributed by atoms with Crippen LogP contribution in [0.3, 0.4) is 0 Å². The largest absolute Gasteiger partial charge is 0.497 e.